The lowest BCUT2D eigenvalue weighted by Gasteiger charge is -2.07. The maximum Gasteiger partial charge on any atom is 0.258 e. The molecule has 2 rings (SSSR count). The molecule has 1 heterocycles. The van der Waals surface area contributed by atoms with E-state index < -0.39 is 0 Å². The van der Waals surface area contributed by atoms with E-state index in [1.165, 1.54) is 0 Å². The summed E-state index contributed by atoms with van der Waals surface area (Å²) in [5, 5.41) is 3.13. The number of aryl methyl sites for hydroxylation is 1. The van der Waals surface area contributed by atoms with Crippen molar-refractivity contribution in [2.24, 2.45) is 0 Å². The van der Waals surface area contributed by atoms with Gasteiger partial charge >= 0.3 is 0 Å². The summed E-state index contributed by atoms with van der Waals surface area (Å²) in [5.74, 6) is 0.232. The van der Waals surface area contributed by atoms with Crippen LogP contribution in [0.1, 0.15) is 15.9 Å². The second kappa shape index (κ2) is 5.50. The Morgan fingerprint density at radius 2 is 2.11 bits per heavy atom. The van der Waals surface area contributed by atoms with Gasteiger partial charge in [0, 0.05) is 10.7 Å². The van der Waals surface area contributed by atoms with Crippen molar-refractivity contribution in [2.75, 3.05) is 5.32 Å². The number of carbonyl (C=O) groups is 1. The molecule has 0 aliphatic heterocycles. The summed E-state index contributed by atoms with van der Waals surface area (Å²) < 4.78 is 0.901. The summed E-state index contributed by atoms with van der Waals surface area (Å²) in [5.41, 5.74) is 1.43. The van der Waals surface area contributed by atoms with Crippen molar-refractivity contribution < 1.29 is 4.79 Å². The molecule has 0 bridgehead atoms. The minimum atomic E-state index is -0.269. The quantitative estimate of drug-likeness (QED) is 0.905. The van der Waals surface area contributed by atoms with Crippen LogP contribution >= 0.6 is 27.5 Å². The number of rotatable bonds is 2. The monoisotopic (exact) mass is 324 g/mol. The van der Waals surface area contributed by atoms with Gasteiger partial charge in [-0.15, -0.1) is 0 Å². The van der Waals surface area contributed by atoms with Crippen molar-refractivity contribution in [2.45, 2.75) is 6.92 Å². The van der Waals surface area contributed by atoms with Gasteiger partial charge in [0.05, 0.1) is 10.6 Å². The molecule has 0 unspecified atom stereocenters. The first-order valence-corrected chi connectivity index (χ1v) is 6.43. The third-order valence-electron chi connectivity index (χ3n) is 2.41. The summed E-state index contributed by atoms with van der Waals surface area (Å²) >= 11 is 9.31. The lowest BCUT2D eigenvalue weighted by Crippen LogP contribution is -2.13. The summed E-state index contributed by atoms with van der Waals surface area (Å²) in [7, 11) is 0. The zero-order chi connectivity index (χ0) is 13.1. The van der Waals surface area contributed by atoms with Gasteiger partial charge < -0.3 is 5.32 Å². The summed E-state index contributed by atoms with van der Waals surface area (Å²) in [6.07, 6.45) is 1.65. The molecule has 0 spiro atoms. The Morgan fingerprint density at radius 3 is 2.78 bits per heavy atom. The summed E-state index contributed by atoms with van der Waals surface area (Å²) in [6.45, 7) is 1.93. The fraction of sp³-hybridized carbons (Fsp3) is 0.0769. The normalized spacial score (nSPS) is 10.2. The van der Waals surface area contributed by atoms with E-state index in [0.29, 0.717) is 16.4 Å². The molecule has 1 N–H and O–H groups in total. The molecule has 0 aliphatic rings. The van der Waals surface area contributed by atoms with Crippen molar-refractivity contribution in [3.8, 4) is 0 Å². The second-order valence-electron chi connectivity index (χ2n) is 3.75. The Balaban J connectivity index is 2.22. The van der Waals surface area contributed by atoms with Crippen LogP contribution in [0, 0.1) is 6.92 Å². The second-order valence-corrected chi connectivity index (χ2v) is 5.01. The van der Waals surface area contributed by atoms with E-state index in [0.717, 1.165) is 10.0 Å². The van der Waals surface area contributed by atoms with E-state index in [2.05, 4.69) is 26.2 Å². The number of nitrogens with zero attached hydrogens (tertiary/aromatic N) is 1. The average molecular weight is 326 g/mol. The predicted molar refractivity (Wildman–Crippen MR) is 76.1 cm³/mol. The SMILES string of the molecule is Cc1cc(NC(=O)c2ccccc2Cl)ncc1Br. The molecule has 0 aliphatic carbocycles. The van der Waals surface area contributed by atoms with E-state index in [1.54, 1.807) is 36.5 Å². The van der Waals surface area contributed by atoms with Gasteiger partial charge in [-0.25, -0.2) is 4.98 Å². The topological polar surface area (TPSA) is 42.0 Å². The molecule has 0 saturated heterocycles. The molecule has 18 heavy (non-hydrogen) atoms. The highest BCUT2D eigenvalue weighted by molar-refractivity contribution is 9.10. The van der Waals surface area contributed by atoms with Crippen LogP contribution in [0.4, 0.5) is 5.82 Å². The highest BCUT2D eigenvalue weighted by atomic mass is 79.9. The van der Waals surface area contributed by atoms with Gasteiger partial charge in [-0.3, -0.25) is 4.79 Å². The Hall–Kier alpha value is -1.39. The number of aromatic nitrogens is 1. The zero-order valence-corrected chi connectivity index (χ0v) is 11.9. The molecular weight excluding hydrogens is 316 g/mol. The summed E-state index contributed by atoms with van der Waals surface area (Å²) in [4.78, 5) is 16.1. The van der Waals surface area contributed by atoms with E-state index in [4.69, 9.17) is 11.6 Å². The number of carbonyl (C=O) groups excluding carboxylic acids is 1. The van der Waals surface area contributed by atoms with Crippen LogP contribution in [-0.2, 0) is 0 Å². The van der Waals surface area contributed by atoms with Gasteiger partial charge in [-0.2, -0.15) is 0 Å². The molecule has 3 nitrogen and oxygen atoms in total. The highest BCUT2D eigenvalue weighted by Gasteiger charge is 2.10. The van der Waals surface area contributed by atoms with Crippen molar-refractivity contribution in [3.05, 3.63) is 57.2 Å². The minimum absolute atomic E-state index is 0.269. The third-order valence-corrected chi connectivity index (χ3v) is 3.57. The van der Waals surface area contributed by atoms with Crippen LogP contribution in [0.2, 0.25) is 5.02 Å². The minimum Gasteiger partial charge on any atom is -0.307 e. The van der Waals surface area contributed by atoms with E-state index in [1.807, 2.05) is 6.92 Å². The molecule has 1 aromatic heterocycles. The molecule has 1 aromatic carbocycles. The van der Waals surface area contributed by atoms with Crippen LogP contribution in [-0.4, -0.2) is 10.9 Å². The lowest BCUT2D eigenvalue weighted by molar-refractivity contribution is 0.102. The Labute approximate surface area is 118 Å². The molecule has 5 heteroatoms. The Bertz CT molecular complexity index is 601. The lowest BCUT2D eigenvalue weighted by atomic mass is 10.2. The van der Waals surface area contributed by atoms with Crippen molar-refractivity contribution >= 4 is 39.3 Å². The number of pyridine rings is 1. The number of anilines is 1. The number of nitrogens with one attached hydrogen (secondary N) is 1. The van der Waals surface area contributed by atoms with Crippen LogP contribution < -0.4 is 5.32 Å². The number of halogens is 2. The predicted octanol–water partition coefficient (Wildman–Crippen LogP) is 4.06. The molecule has 0 fully saturated rings. The van der Waals surface area contributed by atoms with Gasteiger partial charge in [0.1, 0.15) is 5.82 Å². The fourth-order valence-electron chi connectivity index (χ4n) is 1.44. The smallest absolute Gasteiger partial charge is 0.258 e. The maximum atomic E-state index is 12.0. The van der Waals surface area contributed by atoms with Crippen molar-refractivity contribution in [1.29, 1.82) is 0 Å². The van der Waals surface area contributed by atoms with E-state index in [9.17, 15) is 4.79 Å². The van der Waals surface area contributed by atoms with Gasteiger partial charge in [0.2, 0.25) is 0 Å². The summed E-state index contributed by atoms with van der Waals surface area (Å²) in [6, 6.07) is 8.68. The first-order chi connectivity index (χ1) is 8.58. The molecule has 0 atom stereocenters. The largest absolute Gasteiger partial charge is 0.307 e. The number of amides is 1. The van der Waals surface area contributed by atoms with Crippen LogP contribution in [0.15, 0.2) is 41.0 Å². The number of hydrogen-bond donors (Lipinski definition) is 1. The number of benzene rings is 1. The van der Waals surface area contributed by atoms with Crippen LogP contribution in [0.25, 0.3) is 0 Å². The number of hydrogen-bond acceptors (Lipinski definition) is 2. The van der Waals surface area contributed by atoms with E-state index >= 15 is 0 Å². The maximum absolute atomic E-state index is 12.0. The van der Waals surface area contributed by atoms with Crippen molar-refractivity contribution in [3.63, 3.8) is 0 Å². The molecule has 92 valence electrons. The molecular formula is C13H10BrClN2O. The molecule has 2 aromatic rings. The Kier molecular flexibility index (Phi) is 3.99. The van der Waals surface area contributed by atoms with Gasteiger partial charge in [-0.1, -0.05) is 23.7 Å². The first kappa shape index (κ1) is 13.1. The van der Waals surface area contributed by atoms with Crippen molar-refractivity contribution in [1.82, 2.24) is 4.98 Å². The third kappa shape index (κ3) is 2.89. The van der Waals surface area contributed by atoms with E-state index in [-0.39, 0.29) is 5.91 Å². The highest BCUT2D eigenvalue weighted by Crippen LogP contribution is 2.19. The standard InChI is InChI=1S/C13H10BrClN2O/c1-8-6-12(16-7-10(8)14)17-13(18)9-4-2-3-5-11(9)15/h2-7H,1H3,(H,16,17,18). The molecule has 1 amide bonds. The average Bonchev–Trinajstić information content (AvgIpc) is 2.34. The zero-order valence-electron chi connectivity index (χ0n) is 9.58. The molecule has 0 radical (unpaired) electrons. The first-order valence-electron chi connectivity index (χ1n) is 5.26. The Morgan fingerprint density at radius 1 is 1.39 bits per heavy atom. The fourth-order valence-corrected chi connectivity index (χ4v) is 1.88. The van der Waals surface area contributed by atoms with Gasteiger partial charge in [0.25, 0.3) is 5.91 Å². The van der Waals surface area contributed by atoms with Crippen LogP contribution in [0.3, 0.4) is 0 Å². The van der Waals surface area contributed by atoms with Crippen LogP contribution in [0.5, 0.6) is 0 Å². The van der Waals surface area contributed by atoms with Gasteiger partial charge in [0.15, 0.2) is 0 Å². The van der Waals surface area contributed by atoms with Gasteiger partial charge in [-0.05, 0) is 46.6 Å². The molecule has 0 saturated carbocycles.